The number of piperazine rings is 1. The first-order valence-electron chi connectivity index (χ1n) is 6.76. The Labute approximate surface area is 111 Å². The minimum atomic E-state index is 0.628. The third kappa shape index (κ3) is 2.85. The first kappa shape index (κ1) is 13.4. The SMILES string of the molecule is Cc1cc(CN2CC(C)N(C)C(C)C2)ccc1N. The summed E-state index contributed by atoms with van der Waals surface area (Å²) in [5, 5.41) is 0. The molecule has 0 saturated carbocycles. The molecule has 18 heavy (non-hydrogen) atoms. The van der Waals surface area contributed by atoms with Gasteiger partial charge in [-0.3, -0.25) is 9.80 Å². The van der Waals surface area contributed by atoms with Crippen LogP contribution in [0.15, 0.2) is 18.2 Å². The highest BCUT2D eigenvalue weighted by Gasteiger charge is 2.26. The van der Waals surface area contributed by atoms with Crippen molar-refractivity contribution in [1.82, 2.24) is 9.80 Å². The molecule has 2 N–H and O–H groups in total. The lowest BCUT2D eigenvalue weighted by molar-refractivity contribution is 0.0556. The molecule has 0 spiro atoms. The average Bonchev–Trinajstić information content (AvgIpc) is 2.31. The zero-order chi connectivity index (χ0) is 13.3. The second kappa shape index (κ2) is 5.29. The fourth-order valence-corrected chi connectivity index (χ4v) is 2.74. The van der Waals surface area contributed by atoms with Crippen molar-refractivity contribution in [3.8, 4) is 0 Å². The first-order valence-corrected chi connectivity index (χ1v) is 6.76. The maximum atomic E-state index is 5.86. The second-order valence-electron chi connectivity index (χ2n) is 5.75. The van der Waals surface area contributed by atoms with Crippen molar-refractivity contribution in [3.63, 3.8) is 0 Å². The molecular weight excluding hydrogens is 222 g/mol. The van der Waals surface area contributed by atoms with Gasteiger partial charge < -0.3 is 5.73 Å². The lowest BCUT2D eigenvalue weighted by atomic mass is 10.1. The van der Waals surface area contributed by atoms with Crippen molar-refractivity contribution in [1.29, 1.82) is 0 Å². The number of nitrogens with two attached hydrogens (primary N) is 1. The summed E-state index contributed by atoms with van der Waals surface area (Å²) in [6.45, 7) is 10.0. The number of hydrogen-bond donors (Lipinski definition) is 1. The number of nitrogen functional groups attached to an aromatic ring is 1. The van der Waals surface area contributed by atoms with Crippen LogP contribution in [0.25, 0.3) is 0 Å². The van der Waals surface area contributed by atoms with Gasteiger partial charge in [0.1, 0.15) is 0 Å². The molecule has 1 fully saturated rings. The van der Waals surface area contributed by atoms with Crippen molar-refractivity contribution < 1.29 is 0 Å². The fourth-order valence-electron chi connectivity index (χ4n) is 2.74. The third-order valence-corrected chi connectivity index (χ3v) is 4.18. The van der Waals surface area contributed by atoms with Crippen LogP contribution in [0.2, 0.25) is 0 Å². The molecule has 2 unspecified atom stereocenters. The molecule has 1 aliphatic rings. The molecule has 2 atom stereocenters. The molecule has 0 bridgehead atoms. The van der Waals surface area contributed by atoms with Crippen molar-refractivity contribution in [3.05, 3.63) is 29.3 Å². The molecule has 1 aliphatic heterocycles. The number of benzene rings is 1. The van der Waals surface area contributed by atoms with E-state index in [4.69, 9.17) is 5.73 Å². The zero-order valence-corrected chi connectivity index (χ0v) is 12.0. The van der Waals surface area contributed by atoms with E-state index in [9.17, 15) is 0 Å². The van der Waals surface area contributed by atoms with Gasteiger partial charge in [-0.05, 0) is 45.0 Å². The Morgan fingerprint density at radius 2 is 1.83 bits per heavy atom. The highest BCUT2D eigenvalue weighted by atomic mass is 15.3. The van der Waals surface area contributed by atoms with Gasteiger partial charge in [0.05, 0.1) is 0 Å². The molecule has 1 heterocycles. The smallest absolute Gasteiger partial charge is 0.0343 e. The van der Waals surface area contributed by atoms with E-state index in [2.05, 4.69) is 49.8 Å². The second-order valence-corrected chi connectivity index (χ2v) is 5.75. The van der Waals surface area contributed by atoms with E-state index in [0.29, 0.717) is 12.1 Å². The lowest BCUT2D eigenvalue weighted by Crippen LogP contribution is -2.54. The van der Waals surface area contributed by atoms with Gasteiger partial charge >= 0.3 is 0 Å². The Bertz CT molecular complexity index is 404. The molecule has 0 aliphatic carbocycles. The van der Waals surface area contributed by atoms with Crippen LogP contribution in [-0.4, -0.2) is 42.0 Å². The van der Waals surface area contributed by atoms with Crippen LogP contribution in [0.4, 0.5) is 5.69 Å². The van der Waals surface area contributed by atoms with E-state index >= 15 is 0 Å². The number of anilines is 1. The van der Waals surface area contributed by atoms with E-state index in [-0.39, 0.29) is 0 Å². The zero-order valence-electron chi connectivity index (χ0n) is 12.0. The van der Waals surface area contributed by atoms with E-state index < -0.39 is 0 Å². The number of rotatable bonds is 2. The number of aryl methyl sites for hydroxylation is 1. The van der Waals surface area contributed by atoms with Crippen molar-refractivity contribution >= 4 is 5.69 Å². The van der Waals surface area contributed by atoms with Crippen molar-refractivity contribution in [2.75, 3.05) is 25.9 Å². The van der Waals surface area contributed by atoms with Crippen LogP contribution >= 0.6 is 0 Å². The Hall–Kier alpha value is -1.06. The van der Waals surface area contributed by atoms with E-state index in [0.717, 1.165) is 25.3 Å². The van der Waals surface area contributed by atoms with Crippen LogP contribution in [0.1, 0.15) is 25.0 Å². The summed E-state index contributed by atoms with van der Waals surface area (Å²) in [5.41, 5.74) is 9.30. The van der Waals surface area contributed by atoms with E-state index in [1.165, 1.54) is 11.1 Å². The first-order chi connectivity index (χ1) is 8.47. The molecule has 0 aromatic heterocycles. The van der Waals surface area contributed by atoms with Gasteiger partial charge in [0.2, 0.25) is 0 Å². The van der Waals surface area contributed by atoms with Gasteiger partial charge in [-0.15, -0.1) is 0 Å². The highest BCUT2D eigenvalue weighted by molar-refractivity contribution is 5.47. The molecule has 0 radical (unpaired) electrons. The Morgan fingerprint density at radius 3 is 2.39 bits per heavy atom. The summed E-state index contributed by atoms with van der Waals surface area (Å²) in [6, 6.07) is 7.64. The van der Waals surface area contributed by atoms with Gasteiger partial charge in [-0.2, -0.15) is 0 Å². The van der Waals surface area contributed by atoms with Gasteiger partial charge in [-0.25, -0.2) is 0 Å². The summed E-state index contributed by atoms with van der Waals surface area (Å²) >= 11 is 0. The van der Waals surface area contributed by atoms with E-state index in [1.54, 1.807) is 0 Å². The monoisotopic (exact) mass is 247 g/mol. The average molecular weight is 247 g/mol. The Morgan fingerprint density at radius 1 is 1.22 bits per heavy atom. The van der Waals surface area contributed by atoms with Gasteiger partial charge in [0.15, 0.2) is 0 Å². The molecule has 1 aromatic carbocycles. The summed E-state index contributed by atoms with van der Waals surface area (Å²) < 4.78 is 0. The summed E-state index contributed by atoms with van der Waals surface area (Å²) in [7, 11) is 2.22. The molecule has 3 nitrogen and oxygen atoms in total. The Kier molecular flexibility index (Phi) is 3.93. The van der Waals surface area contributed by atoms with Crippen LogP contribution in [-0.2, 0) is 6.54 Å². The summed E-state index contributed by atoms with van der Waals surface area (Å²) in [6.07, 6.45) is 0. The molecule has 100 valence electrons. The predicted octanol–water partition coefficient (Wildman–Crippen LogP) is 2.10. The van der Waals surface area contributed by atoms with Crippen LogP contribution in [0, 0.1) is 6.92 Å². The molecule has 3 heteroatoms. The minimum Gasteiger partial charge on any atom is -0.399 e. The normalized spacial score (nSPS) is 26.4. The minimum absolute atomic E-state index is 0.628. The quantitative estimate of drug-likeness (QED) is 0.812. The van der Waals surface area contributed by atoms with Crippen LogP contribution < -0.4 is 5.73 Å². The predicted molar refractivity (Wildman–Crippen MR) is 77.6 cm³/mol. The summed E-state index contributed by atoms with van der Waals surface area (Å²) in [5.74, 6) is 0. The topological polar surface area (TPSA) is 32.5 Å². The van der Waals surface area contributed by atoms with Gasteiger partial charge in [0.25, 0.3) is 0 Å². The van der Waals surface area contributed by atoms with Crippen molar-refractivity contribution in [2.45, 2.75) is 39.4 Å². The van der Waals surface area contributed by atoms with E-state index in [1.807, 2.05) is 6.07 Å². The number of hydrogen-bond acceptors (Lipinski definition) is 3. The maximum Gasteiger partial charge on any atom is 0.0343 e. The summed E-state index contributed by atoms with van der Waals surface area (Å²) in [4.78, 5) is 5.00. The molecule has 2 rings (SSSR count). The molecule has 0 amide bonds. The number of likely N-dealkylation sites (N-methyl/N-ethyl adjacent to an activating group) is 1. The van der Waals surface area contributed by atoms with Gasteiger partial charge in [0, 0.05) is 37.4 Å². The fraction of sp³-hybridized carbons (Fsp3) is 0.600. The lowest BCUT2D eigenvalue weighted by Gasteiger charge is -2.42. The third-order valence-electron chi connectivity index (χ3n) is 4.18. The molecule has 1 aromatic rings. The Balaban J connectivity index is 2.03. The van der Waals surface area contributed by atoms with Gasteiger partial charge in [-0.1, -0.05) is 12.1 Å². The van der Waals surface area contributed by atoms with Crippen LogP contribution in [0.5, 0.6) is 0 Å². The largest absolute Gasteiger partial charge is 0.399 e. The number of nitrogens with zero attached hydrogens (tertiary/aromatic N) is 2. The van der Waals surface area contributed by atoms with Crippen molar-refractivity contribution in [2.24, 2.45) is 0 Å². The standard InChI is InChI=1S/C15H25N3/c1-11-7-14(5-6-15(11)16)10-18-8-12(2)17(4)13(3)9-18/h5-7,12-13H,8-10,16H2,1-4H3. The highest BCUT2D eigenvalue weighted by Crippen LogP contribution is 2.18. The molecular formula is C15H25N3. The molecule has 1 saturated heterocycles. The maximum absolute atomic E-state index is 5.86. The van der Waals surface area contributed by atoms with Crippen LogP contribution in [0.3, 0.4) is 0 Å².